The van der Waals surface area contributed by atoms with E-state index in [1.54, 1.807) is 36.4 Å². The standard InChI is InChI=1S/C44H32N4O3/c49-30-12-4-9-27(23-30)42-35-17-15-33(45-35)41(26-7-2-1-3-8-26)34-16-18-36(46-34)43(28-10-5-13-31(50)24-28)38-20-22-40(48-38)44(39-21-19-37(42)47-39)29-11-6-14-32(51)25-29/h1-19,21,23-25,45,48-51H,20,22H2. The van der Waals surface area contributed by atoms with Gasteiger partial charge in [0.1, 0.15) is 17.2 Å². The number of H-pyrrole nitrogens is 2. The van der Waals surface area contributed by atoms with E-state index in [-0.39, 0.29) is 17.2 Å². The molecule has 0 spiro atoms. The normalized spacial score (nSPS) is 12.6. The highest BCUT2D eigenvalue weighted by Crippen LogP contribution is 2.40. The van der Waals surface area contributed by atoms with Crippen LogP contribution in [-0.4, -0.2) is 35.3 Å². The van der Waals surface area contributed by atoms with Gasteiger partial charge in [0, 0.05) is 44.7 Å². The predicted octanol–water partition coefficient (Wildman–Crippen LogP) is 9.95. The zero-order valence-electron chi connectivity index (χ0n) is 27.4. The molecule has 5 heterocycles. The van der Waals surface area contributed by atoms with Crippen molar-refractivity contribution in [2.24, 2.45) is 0 Å². The van der Waals surface area contributed by atoms with Crippen LogP contribution < -0.4 is 0 Å². The number of aromatic hydroxyl groups is 3. The van der Waals surface area contributed by atoms with Crippen LogP contribution in [0.5, 0.6) is 17.2 Å². The first-order valence-corrected chi connectivity index (χ1v) is 16.9. The molecule has 0 saturated heterocycles. The van der Waals surface area contributed by atoms with Gasteiger partial charge in [-0.3, -0.25) is 0 Å². The van der Waals surface area contributed by atoms with Gasteiger partial charge < -0.3 is 25.3 Å². The fourth-order valence-electron chi connectivity index (χ4n) is 7.33. The number of hydrogen-bond acceptors (Lipinski definition) is 5. The number of fused-ring (bicyclic) bond motifs is 8. The van der Waals surface area contributed by atoms with Gasteiger partial charge >= 0.3 is 0 Å². The molecular formula is C44H32N4O3. The molecule has 2 aromatic heterocycles. The van der Waals surface area contributed by atoms with E-state index in [9.17, 15) is 15.3 Å². The van der Waals surface area contributed by atoms with E-state index < -0.39 is 0 Å². The quantitative estimate of drug-likeness (QED) is 0.128. The van der Waals surface area contributed by atoms with E-state index in [4.69, 9.17) is 9.97 Å². The number of phenols is 3. The van der Waals surface area contributed by atoms with Crippen molar-refractivity contribution in [3.8, 4) is 61.8 Å². The van der Waals surface area contributed by atoms with Crippen molar-refractivity contribution in [2.45, 2.75) is 12.8 Å². The molecule has 3 aliphatic heterocycles. The first-order chi connectivity index (χ1) is 25.0. The lowest BCUT2D eigenvalue weighted by molar-refractivity contribution is 0.475. The van der Waals surface area contributed by atoms with Gasteiger partial charge in [-0.1, -0.05) is 66.7 Å². The second-order valence-corrected chi connectivity index (χ2v) is 12.8. The highest BCUT2D eigenvalue weighted by molar-refractivity contribution is 5.97. The van der Waals surface area contributed by atoms with Crippen LogP contribution in [-0.2, 0) is 12.8 Å². The van der Waals surface area contributed by atoms with E-state index in [1.807, 2.05) is 85.0 Å². The maximum absolute atomic E-state index is 10.6. The summed E-state index contributed by atoms with van der Waals surface area (Å²) in [6, 6.07) is 36.1. The summed E-state index contributed by atoms with van der Waals surface area (Å²) >= 11 is 0. The monoisotopic (exact) mass is 664 g/mol. The molecule has 9 rings (SSSR count). The van der Waals surface area contributed by atoms with Crippen LogP contribution in [0.1, 0.15) is 34.2 Å². The number of aryl methyl sites for hydroxylation is 2. The van der Waals surface area contributed by atoms with E-state index in [0.29, 0.717) is 12.8 Å². The van der Waals surface area contributed by atoms with E-state index in [0.717, 1.165) is 89.7 Å². The highest BCUT2D eigenvalue weighted by atomic mass is 16.3. The minimum Gasteiger partial charge on any atom is -0.508 e. The van der Waals surface area contributed by atoms with E-state index in [1.165, 1.54) is 0 Å². The van der Waals surface area contributed by atoms with Crippen molar-refractivity contribution in [1.82, 2.24) is 19.9 Å². The summed E-state index contributed by atoms with van der Waals surface area (Å²) < 4.78 is 0. The molecule has 3 aliphatic rings. The van der Waals surface area contributed by atoms with Gasteiger partial charge in [0.05, 0.1) is 22.8 Å². The van der Waals surface area contributed by atoms with Crippen molar-refractivity contribution in [3.63, 3.8) is 0 Å². The van der Waals surface area contributed by atoms with Crippen LogP contribution >= 0.6 is 0 Å². The van der Waals surface area contributed by atoms with Crippen LogP contribution in [0.3, 0.4) is 0 Å². The van der Waals surface area contributed by atoms with Gasteiger partial charge in [0.25, 0.3) is 0 Å². The van der Waals surface area contributed by atoms with Crippen molar-refractivity contribution < 1.29 is 15.3 Å². The Morgan fingerprint density at radius 3 is 1.24 bits per heavy atom. The van der Waals surface area contributed by atoms with Gasteiger partial charge in [-0.2, -0.15) is 0 Å². The van der Waals surface area contributed by atoms with Crippen LogP contribution in [0.25, 0.3) is 79.8 Å². The van der Waals surface area contributed by atoms with Crippen molar-refractivity contribution >= 4 is 35.3 Å². The highest BCUT2D eigenvalue weighted by Gasteiger charge is 2.22. The Labute approximate surface area is 293 Å². The van der Waals surface area contributed by atoms with Crippen LogP contribution in [0.15, 0.2) is 115 Å². The van der Waals surface area contributed by atoms with E-state index >= 15 is 0 Å². The number of nitrogens with zero attached hydrogens (tertiary/aromatic N) is 2. The fourth-order valence-corrected chi connectivity index (χ4v) is 7.33. The minimum absolute atomic E-state index is 0.162. The van der Waals surface area contributed by atoms with E-state index in [2.05, 4.69) is 28.2 Å². The Morgan fingerprint density at radius 2 is 0.784 bits per heavy atom. The summed E-state index contributed by atoms with van der Waals surface area (Å²) in [4.78, 5) is 18.0. The fraction of sp³-hybridized carbons (Fsp3) is 0.0455. The SMILES string of the molecule is Oc1cccc(-c2c3nc(c(-c4ccccc4)c4ccc([nH]4)c(-c4cccc(O)c4)c4nc(c(-c5cccc(O)c5)c5[nH]c2CC5)C=C4)C=C3)c1. The topological polar surface area (TPSA) is 118 Å². The lowest BCUT2D eigenvalue weighted by Crippen LogP contribution is -1.92. The van der Waals surface area contributed by atoms with Crippen LogP contribution in [0, 0.1) is 0 Å². The Balaban J connectivity index is 1.48. The zero-order chi connectivity index (χ0) is 34.5. The lowest BCUT2D eigenvalue weighted by atomic mass is 9.99. The maximum atomic E-state index is 10.6. The molecule has 246 valence electrons. The number of nitrogens with one attached hydrogen (secondary N) is 2. The first kappa shape index (κ1) is 30.2. The summed E-state index contributed by atoms with van der Waals surface area (Å²) in [5.41, 5.74) is 13.8. The van der Waals surface area contributed by atoms with Crippen molar-refractivity contribution in [3.05, 3.63) is 149 Å². The average molecular weight is 665 g/mol. The van der Waals surface area contributed by atoms with Crippen LogP contribution in [0.4, 0.5) is 0 Å². The van der Waals surface area contributed by atoms with Gasteiger partial charge in [0.2, 0.25) is 0 Å². The molecule has 0 saturated carbocycles. The number of benzene rings is 4. The maximum Gasteiger partial charge on any atom is 0.116 e. The predicted molar refractivity (Wildman–Crippen MR) is 204 cm³/mol. The Kier molecular flexibility index (Phi) is 7.25. The number of aromatic nitrogens is 4. The second-order valence-electron chi connectivity index (χ2n) is 12.8. The molecule has 6 aromatic rings. The molecule has 0 aliphatic carbocycles. The molecule has 0 atom stereocenters. The Morgan fingerprint density at radius 1 is 0.392 bits per heavy atom. The van der Waals surface area contributed by atoms with Gasteiger partial charge in [-0.15, -0.1) is 0 Å². The van der Waals surface area contributed by atoms with Crippen molar-refractivity contribution in [1.29, 1.82) is 0 Å². The summed E-state index contributed by atoms with van der Waals surface area (Å²) in [5.74, 6) is 0.505. The molecule has 7 nitrogen and oxygen atoms in total. The zero-order valence-corrected chi connectivity index (χ0v) is 27.4. The third-order valence-corrected chi connectivity index (χ3v) is 9.53. The molecule has 51 heavy (non-hydrogen) atoms. The average Bonchev–Trinajstić information content (AvgIpc) is 3.97. The number of rotatable bonds is 4. The van der Waals surface area contributed by atoms with Crippen LogP contribution in [0.2, 0.25) is 0 Å². The number of aromatic amines is 2. The summed E-state index contributed by atoms with van der Waals surface area (Å²) in [5, 5.41) is 31.7. The third-order valence-electron chi connectivity index (χ3n) is 9.53. The number of phenolic OH excluding ortho intramolecular Hbond substituents is 3. The lowest BCUT2D eigenvalue weighted by Gasteiger charge is -2.08. The summed E-state index contributed by atoms with van der Waals surface area (Å²) in [6.07, 6.45) is 9.51. The summed E-state index contributed by atoms with van der Waals surface area (Å²) in [7, 11) is 0. The largest absolute Gasteiger partial charge is 0.508 e. The molecule has 0 fully saturated rings. The second kappa shape index (κ2) is 12.2. The van der Waals surface area contributed by atoms with Gasteiger partial charge in [-0.05, 0) is 108 Å². The molecule has 0 unspecified atom stereocenters. The van der Waals surface area contributed by atoms with Gasteiger partial charge in [0.15, 0.2) is 0 Å². The Hall–Kier alpha value is -6.86. The third kappa shape index (κ3) is 5.51. The molecular weight excluding hydrogens is 633 g/mol. The summed E-state index contributed by atoms with van der Waals surface area (Å²) in [6.45, 7) is 0. The smallest absolute Gasteiger partial charge is 0.116 e. The molecule has 7 heteroatoms. The molecule has 0 amide bonds. The first-order valence-electron chi connectivity index (χ1n) is 16.9. The van der Waals surface area contributed by atoms with Gasteiger partial charge in [-0.25, -0.2) is 9.97 Å². The minimum atomic E-state index is 0.162. The molecule has 4 aromatic carbocycles. The molecule has 8 bridgehead atoms. The number of hydrogen-bond donors (Lipinski definition) is 5. The molecule has 5 N–H and O–H groups in total. The molecule has 0 radical (unpaired) electrons. The van der Waals surface area contributed by atoms with Crippen molar-refractivity contribution in [2.75, 3.05) is 0 Å². The Bertz CT molecular complexity index is 2630.